The molecular weight excluding hydrogens is 1330 g/mol. The van der Waals surface area contributed by atoms with Crippen molar-refractivity contribution in [1.29, 1.82) is 0 Å². The lowest BCUT2D eigenvalue weighted by Gasteiger charge is -2.21. The Labute approximate surface area is 617 Å². The van der Waals surface area contributed by atoms with E-state index in [0.29, 0.717) is 32.1 Å². The van der Waals surface area contributed by atoms with E-state index in [4.69, 9.17) is 37.0 Å². The molecule has 0 aromatic carbocycles. The van der Waals surface area contributed by atoms with Crippen LogP contribution in [0.25, 0.3) is 0 Å². The van der Waals surface area contributed by atoms with Gasteiger partial charge in [-0.15, -0.1) is 0 Å². The van der Waals surface area contributed by atoms with Crippen LogP contribution in [0.4, 0.5) is 0 Å². The highest BCUT2D eigenvalue weighted by molar-refractivity contribution is 7.47. The van der Waals surface area contributed by atoms with Gasteiger partial charge in [0.2, 0.25) is 0 Å². The Bertz CT molecular complexity index is 2510. The van der Waals surface area contributed by atoms with E-state index in [1.165, 1.54) is 51.4 Å². The summed E-state index contributed by atoms with van der Waals surface area (Å²) in [5, 5.41) is 10.6. The summed E-state index contributed by atoms with van der Waals surface area (Å²) in [6.45, 7) is 4.43. The number of unbranched alkanes of at least 4 members (excludes halogenated alkanes) is 22. The molecule has 3 N–H and O–H groups in total. The van der Waals surface area contributed by atoms with Crippen molar-refractivity contribution in [2.75, 3.05) is 39.6 Å². The van der Waals surface area contributed by atoms with E-state index < -0.39 is 97.5 Å². The predicted octanol–water partition coefficient (Wildman–Crippen LogP) is 22.7. The van der Waals surface area contributed by atoms with Crippen molar-refractivity contribution < 1.29 is 80.2 Å². The number of esters is 4. The molecule has 0 saturated heterocycles. The molecule has 0 radical (unpaired) electrons. The maximum atomic E-state index is 13.1. The van der Waals surface area contributed by atoms with Crippen molar-refractivity contribution in [3.05, 3.63) is 146 Å². The zero-order chi connectivity index (χ0) is 74.6. The second-order valence-corrected chi connectivity index (χ2v) is 28.4. The number of carbonyl (C=O) groups excluding carboxylic acids is 4. The van der Waals surface area contributed by atoms with Gasteiger partial charge >= 0.3 is 39.5 Å². The lowest BCUT2D eigenvalue weighted by Crippen LogP contribution is -2.30. The SMILES string of the molecule is CC/C=C\C/C=C\C/C=C\C/C=C\C/C=C\CCCCCC(=O)OCC(COP(=O)(O)OCC(O)COP(=O)(O)OCC(COC(=O)CCCCCCC/C=C\C/C=C\C/C=C\CC)OC(=O)CCCCCCCCCCCCCCC)OC(=O)CCCC/C=C\C/C=C\C/C=C\C/C=C\CC. The quantitative estimate of drug-likeness (QED) is 0.0169. The Morgan fingerprint density at radius 3 is 0.814 bits per heavy atom. The van der Waals surface area contributed by atoms with Gasteiger partial charge in [-0.3, -0.25) is 37.3 Å². The van der Waals surface area contributed by atoms with Gasteiger partial charge in [0, 0.05) is 25.7 Å². The minimum absolute atomic E-state index is 0.0306. The van der Waals surface area contributed by atoms with E-state index in [9.17, 15) is 43.2 Å². The van der Waals surface area contributed by atoms with Crippen LogP contribution < -0.4 is 0 Å². The fraction of sp³-hybridized carbons (Fsp3) is 0.663. The third-order valence-corrected chi connectivity index (χ3v) is 17.7. The Morgan fingerprint density at radius 1 is 0.284 bits per heavy atom. The van der Waals surface area contributed by atoms with Crippen LogP contribution in [0.3, 0.4) is 0 Å². The molecule has 0 aromatic rings. The lowest BCUT2D eigenvalue weighted by atomic mass is 10.0. The molecule has 5 atom stereocenters. The van der Waals surface area contributed by atoms with E-state index in [-0.39, 0.29) is 25.7 Å². The zero-order valence-corrected chi connectivity index (χ0v) is 65.3. The van der Waals surface area contributed by atoms with Crippen molar-refractivity contribution in [3.63, 3.8) is 0 Å². The largest absolute Gasteiger partial charge is 0.472 e. The van der Waals surface area contributed by atoms with Crippen LogP contribution >= 0.6 is 15.6 Å². The first-order valence-electron chi connectivity index (χ1n) is 39.1. The van der Waals surface area contributed by atoms with E-state index in [1.807, 2.05) is 0 Å². The number of carbonyl (C=O) groups is 4. The number of rotatable bonds is 72. The number of aliphatic hydroxyl groups is 1. The number of phosphoric acid groups is 2. The Hall–Kier alpha value is -5.06. The Kier molecular flexibility index (Phi) is 70.5. The molecule has 0 saturated carbocycles. The minimum atomic E-state index is -5.00. The second kappa shape index (κ2) is 74.2. The maximum absolute atomic E-state index is 13.1. The maximum Gasteiger partial charge on any atom is 0.472 e. The summed E-state index contributed by atoms with van der Waals surface area (Å²) in [4.78, 5) is 72.9. The van der Waals surface area contributed by atoms with Gasteiger partial charge in [-0.2, -0.15) is 0 Å². The molecule has 0 aromatic heterocycles. The second-order valence-electron chi connectivity index (χ2n) is 25.5. The predicted molar refractivity (Wildman–Crippen MR) is 417 cm³/mol. The van der Waals surface area contributed by atoms with Gasteiger partial charge in [-0.05, 0) is 141 Å². The van der Waals surface area contributed by atoms with Gasteiger partial charge < -0.3 is 33.8 Å². The first-order chi connectivity index (χ1) is 49.7. The topological polar surface area (TPSA) is 237 Å². The number of hydrogen-bond acceptors (Lipinski definition) is 15. The molecule has 102 heavy (non-hydrogen) atoms. The summed E-state index contributed by atoms with van der Waals surface area (Å²) in [6.07, 6.45) is 84.1. The van der Waals surface area contributed by atoms with Gasteiger partial charge in [0.15, 0.2) is 12.2 Å². The Morgan fingerprint density at radius 2 is 0.510 bits per heavy atom. The summed E-state index contributed by atoms with van der Waals surface area (Å²) in [6, 6.07) is 0. The fourth-order valence-electron chi connectivity index (χ4n) is 9.96. The molecule has 5 unspecified atom stereocenters. The normalized spacial score (nSPS) is 14.7. The lowest BCUT2D eigenvalue weighted by molar-refractivity contribution is -0.161. The van der Waals surface area contributed by atoms with Crippen LogP contribution in [-0.2, 0) is 65.4 Å². The van der Waals surface area contributed by atoms with Crippen LogP contribution in [0.2, 0.25) is 0 Å². The number of phosphoric ester groups is 2. The minimum Gasteiger partial charge on any atom is -0.462 e. The fourth-order valence-corrected chi connectivity index (χ4v) is 11.5. The molecule has 17 nitrogen and oxygen atoms in total. The molecule has 0 heterocycles. The third kappa shape index (κ3) is 73.3. The number of aliphatic hydroxyl groups excluding tert-OH is 1. The highest BCUT2D eigenvalue weighted by Gasteiger charge is 2.30. The molecule has 0 fully saturated rings. The van der Waals surface area contributed by atoms with Crippen molar-refractivity contribution in [2.24, 2.45) is 0 Å². The van der Waals surface area contributed by atoms with Gasteiger partial charge in [-0.1, -0.05) is 276 Å². The van der Waals surface area contributed by atoms with Crippen molar-refractivity contribution in [1.82, 2.24) is 0 Å². The smallest absolute Gasteiger partial charge is 0.462 e. The third-order valence-electron chi connectivity index (χ3n) is 15.8. The number of allylic oxidation sites excluding steroid dienone is 24. The number of hydrogen-bond donors (Lipinski definition) is 3. The summed E-state index contributed by atoms with van der Waals surface area (Å²) in [5.41, 5.74) is 0. The zero-order valence-electron chi connectivity index (χ0n) is 63.5. The molecule has 0 aliphatic heterocycles. The molecule has 0 bridgehead atoms. The van der Waals surface area contributed by atoms with Gasteiger partial charge in [0.1, 0.15) is 19.3 Å². The highest BCUT2D eigenvalue weighted by atomic mass is 31.2. The van der Waals surface area contributed by atoms with E-state index in [1.54, 1.807) is 0 Å². The molecular formula is C83H138O17P2. The summed E-state index contributed by atoms with van der Waals surface area (Å²) in [7, 11) is -9.99. The number of ether oxygens (including phenoxy) is 4. The first-order valence-corrected chi connectivity index (χ1v) is 42.1. The van der Waals surface area contributed by atoms with E-state index in [0.717, 1.165) is 161 Å². The molecule has 19 heteroatoms. The van der Waals surface area contributed by atoms with Gasteiger partial charge in [0.25, 0.3) is 0 Å². The summed E-state index contributed by atoms with van der Waals surface area (Å²) >= 11 is 0. The van der Waals surface area contributed by atoms with E-state index >= 15 is 0 Å². The highest BCUT2D eigenvalue weighted by Crippen LogP contribution is 2.45. The van der Waals surface area contributed by atoms with Gasteiger partial charge in [0.05, 0.1) is 26.4 Å². The van der Waals surface area contributed by atoms with Crippen molar-refractivity contribution >= 4 is 39.5 Å². The van der Waals surface area contributed by atoms with Crippen LogP contribution in [0.15, 0.2) is 146 Å². The van der Waals surface area contributed by atoms with Gasteiger partial charge in [-0.25, -0.2) is 9.13 Å². The summed E-state index contributed by atoms with van der Waals surface area (Å²) in [5.74, 6) is -2.28. The van der Waals surface area contributed by atoms with Crippen LogP contribution in [0, 0.1) is 0 Å². The van der Waals surface area contributed by atoms with Crippen LogP contribution in [0.5, 0.6) is 0 Å². The van der Waals surface area contributed by atoms with Crippen LogP contribution in [-0.4, -0.2) is 96.7 Å². The van der Waals surface area contributed by atoms with Crippen molar-refractivity contribution in [3.8, 4) is 0 Å². The molecule has 0 amide bonds. The van der Waals surface area contributed by atoms with Crippen LogP contribution in [0.1, 0.15) is 297 Å². The molecule has 0 aliphatic carbocycles. The molecule has 0 aliphatic rings. The standard InChI is InChI=1S/C83H138O17P2/c1-5-9-13-17-21-25-29-33-36-37-38-39-42-45-48-52-56-60-64-68-81(86)94-74-79(100-83(88)70-66-62-58-54-50-46-41-35-31-27-23-19-15-11-7-3)76-98-102(91,92)96-72-77(84)71-95-101(89,90)97-75-78(99-82(87)69-65-61-57-53-49-43-32-28-24-20-16-12-8-4)73-93-80(85)67-63-59-55-51-47-44-40-34-30-26-22-18-14-10-6-2/h9-11,13-15,21-23,25-27,33-36,38-41,45,48,50,54,77-79,84H,5-8,12,16-20,24,28-32,37,42-44,46-47,49,51-53,55-76H2,1-4H3,(H,89,90)(H,91,92)/b13-9-,14-10-,15-11-,25-21-,26-22-,27-23-,36-33-,39-38-,40-34-,41-35-,48-45-,54-50-. The average molecular weight is 1470 g/mol. The van der Waals surface area contributed by atoms with Crippen molar-refractivity contribution in [2.45, 2.75) is 316 Å². The summed E-state index contributed by atoms with van der Waals surface area (Å²) < 4.78 is 68.5. The van der Waals surface area contributed by atoms with E-state index in [2.05, 4.69) is 174 Å². The molecule has 0 spiro atoms. The first kappa shape index (κ1) is 96.9. The monoisotopic (exact) mass is 1470 g/mol. The Balaban J connectivity index is 5.43. The average Bonchev–Trinajstić information content (AvgIpc) is 0.924. The molecule has 0 rings (SSSR count). The molecule has 582 valence electrons.